The Morgan fingerprint density at radius 1 is 1.00 bits per heavy atom. The fourth-order valence-electron chi connectivity index (χ4n) is 3.86. The maximum atomic E-state index is 13.3. The van der Waals surface area contributed by atoms with Crippen LogP contribution in [0.3, 0.4) is 0 Å². The minimum absolute atomic E-state index is 0.127. The molecule has 1 fully saturated rings. The second-order valence-electron chi connectivity index (χ2n) is 7.16. The smallest absolute Gasteiger partial charge is 0.328 e. The quantitative estimate of drug-likeness (QED) is 0.782. The number of ether oxygens (including phenoxy) is 1. The van der Waals surface area contributed by atoms with Crippen molar-refractivity contribution in [3.8, 4) is 0 Å². The highest BCUT2D eigenvalue weighted by Crippen LogP contribution is 2.28. The van der Waals surface area contributed by atoms with Gasteiger partial charge in [0.25, 0.3) is 0 Å². The van der Waals surface area contributed by atoms with Gasteiger partial charge in [0.1, 0.15) is 11.8 Å². The zero-order valence-corrected chi connectivity index (χ0v) is 16.0. The van der Waals surface area contributed by atoms with E-state index in [1.807, 2.05) is 60.7 Å². The lowest BCUT2D eigenvalue weighted by Crippen LogP contribution is -2.49. The third-order valence-electron chi connectivity index (χ3n) is 5.27. The molecule has 0 saturated heterocycles. The molecule has 2 aromatic carbocycles. The molecule has 0 spiro atoms. The number of esters is 1. The van der Waals surface area contributed by atoms with E-state index in [2.05, 4.69) is 5.32 Å². The van der Waals surface area contributed by atoms with E-state index in [1.165, 1.54) is 7.11 Å². The second kappa shape index (κ2) is 9.31. The van der Waals surface area contributed by atoms with Gasteiger partial charge in [0.05, 0.1) is 13.0 Å². The van der Waals surface area contributed by atoms with Crippen LogP contribution in [-0.4, -0.2) is 30.8 Å². The van der Waals surface area contributed by atoms with Crippen LogP contribution in [-0.2, 0) is 19.1 Å². The van der Waals surface area contributed by atoms with Crippen molar-refractivity contribution in [2.75, 3.05) is 7.11 Å². The van der Waals surface area contributed by atoms with E-state index in [0.29, 0.717) is 19.3 Å². The highest BCUT2D eigenvalue weighted by atomic mass is 16.5. The molecule has 0 radical (unpaired) electrons. The molecule has 5 heteroatoms. The molecule has 2 aromatic rings. The van der Waals surface area contributed by atoms with Gasteiger partial charge in [-0.05, 0) is 29.9 Å². The van der Waals surface area contributed by atoms with Gasteiger partial charge < -0.3 is 10.1 Å². The van der Waals surface area contributed by atoms with E-state index in [1.54, 1.807) is 0 Å². The number of nitrogens with one attached hydrogen (secondary N) is 1. The van der Waals surface area contributed by atoms with Crippen LogP contribution in [0.1, 0.15) is 42.7 Å². The number of rotatable bonds is 6. The highest BCUT2D eigenvalue weighted by Gasteiger charge is 2.36. The second-order valence-corrected chi connectivity index (χ2v) is 7.16. The van der Waals surface area contributed by atoms with Gasteiger partial charge in [0, 0.05) is 12.8 Å². The molecule has 5 nitrogen and oxygen atoms in total. The Hall–Kier alpha value is -2.95. The van der Waals surface area contributed by atoms with Crippen molar-refractivity contribution in [2.24, 2.45) is 5.92 Å². The van der Waals surface area contributed by atoms with Crippen LogP contribution in [0.5, 0.6) is 0 Å². The lowest BCUT2D eigenvalue weighted by atomic mass is 9.82. The molecular formula is C23H25NO4. The Morgan fingerprint density at radius 3 is 2.07 bits per heavy atom. The maximum absolute atomic E-state index is 13.3. The van der Waals surface area contributed by atoms with Crippen molar-refractivity contribution >= 4 is 17.7 Å². The zero-order valence-electron chi connectivity index (χ0n) is 16.0. The van der Waals surface area contributed by atoms with Gasteiger partial charge in [-0.2, -0.15) is 0 Å². The number of amides is 1. The Bertz CT molecular complexity index is 780. The normalized spacial score (nSPS) is 17.8. The molecule has 3 rings (SSSR count). The van der Waals surface area contributed by atoms with Crippen LogP contribution in [0, 0.1) is 5.92 Å². The topological polar surface area (TPSA) is 72.5 Å². The van der Waals surface area contributed by atoms with Crippen molar-refractivity contribution in [1.82, 2.24) is 5.32 Å². The molecule has 0 aliphatic heterocycles. The summed E-state index contributed by atoms with van der Waals surface area (Å²) in [6.07, 6.45) is 2.27. The highest BCUT2D eigenvalue weighted by molar-refractivity contribution is 5.91. The van der Waals surface area contributed by atoms with Crippen LogP contribution in [0.25, 0.3) is 0 Å². The van der Waals surface area contributed by atoms with Gasteiger partial charge >= 0.3 is 5.97 Å². The van der Waals surface area contributed by atoms with Gasteiger partial charge in [-0.15, -0.1) is 0 Å². The Kier molecular flexibility index (Phi) is 6.58. The molecule has 0 aromatic heterocycles. The minimum atomic E-state index is -0.823. The first-order valence-corrected chi connectivity index (χ1v) is 9.60. The summed E-state index contributed by atoms with van der Waals surface area (Å²) in [7, 11) is 1.30. The Balaban J connectivity index is 1.88. The number of benzene rings is 2. The lowest BCUT2D eigenvalue weighted by Gasteiger charge is -2.30. The summed E-state index contributed by atoms with van der Waals surface area (Å²) in [6, 6.07) is 18.1. The average molecular weight is 379 g/mol. The number of carbonyl (C=O) groups excluding carboxylic acids is 3. The number of carbonyl (C=O) groups is 3. The van der Waals surface area contributed by atoms with E-state index in [-0.39, 0.29) is 17.6 Å². The molecule has 1 saturated carbocycles. The fourth-order valence-corrected chi connectivity index (χ4v) is 3.86. The van der Waals surface area contributed by atoms with Crippen LogP contribution in [0.15, 0.2) is 60.7 Å². The molecule has 1 N–H and O–H groups in total. The van der Waals surface area contributed by atoms with Gasteiger partial charge in [0.15, 0.2) is 0 Å². The first kappa shape index (κ1) is 19.8. The minimum Gasteiger partial charge on any atom is -0.467 e. The third-order valence-corrected chi connectivity index (χ3v) is 5.27. The largest absolute Gasteiger partial charge is 0.467 e. The molecule has 28 heavy (non-hydrogen) atoms. The van der Waals surface area contributed by atoms with Gasteiger partial charge in [-0.3, -0.25) is 9.59 Å². The zero-order chi connectivity index (χ0) is 19.9. The molecule has 1 aliphatic rings. The molecular weight excluding hydrogens is 354 g/mol. The molecule has 0 bridgehead atoms. The van der Waals surface area contributed by atoms with E-state index >= 15 is 0 Å². The molecule has 2 atom stereocenters. The summed E-state index contributed by atoms with van der Waals surface area (Å²) >= 11 is 0. The summed E-state index contributed by atoms with van der Waals surface area (Å²) in [6.45, 7) is 0. The first-order valence-electron chi connectivity index (χ1n) is 9.60. The summed E-state index contributed by atoms with van der Waals surface area (Å²) in [5.74, 6) is -1.43. The average Bonchev–Trinajstić information content (AvgIpc) is 2.73. The van der Waals surface area contributed by atoms with E-state index < -0.39 is 17.9 Å². The third kappa shape index (κ3) is 4.66. The molecule has 0 heterocycles. The number of Topliss-reactive ketones (excluding diaryl/α,β-unsaturated/α-hetero) is 1. The number of ketones is 1. The number of hydrogen-bond acceptors (Lipinski definition) is 4. The van der Waals surface area contributed by atoms with Crippen LogP contribution < -0.4 is 5.32 Å². The van der Waals surface area contributed by atoms with Crippen molar-refractivity contribution in [3.63, 3.8) is 0 Å². The van der Waals surface area contributed by atoms with Gasteiger partial charge in [-0.1, -0.05) is 60.7 Å². The van der Waals surface area contributed by atoms with Crippen LogP contribution in [0.4, 0.5) is 0 Å². The fraction of sp³-hybridized carbons (Fsp3) is 0.348. The summed E-state index contributed by atoms with van der Waals surface area (Å²) in [5, 5.41) is 2.89. The summed E-state index contributed by atoms with van der Waals surface area (Å²) in [5.41, 5.74) is 1.68. The van der Waals surface area contributed by atoms with Crippen molar-refractivity contribution in [1.29, 1.82) is 0 Å². The number of hydrogen-bond donors (Lipinski definition) is 1. The van der Waals surface area contributed by atoms with E-state index in [4.69, 9.17) is 4.74 Å². The predicted octanol–water partition coefficient (Wildman–Crippen LogP) is 3.24. The van der Waals surface area contributed by atoms with Crippen molar-refractivity contribution in [2.45, 2.75) is 37.6 Å². The van der Waals surface area contributed by atoms with Gasteiger partial charge in [-0.25, -0.2) is 4.79 Å². The first-order chi connectivity index (χ1) is 13.6. The SMILES string of the molecule is COC(=O)[C@@H](NC(=O)C(c1ccccc1)c1ccccc1)[C@@H]1CCCC(=O)C1. The molecule has 1 aliphatic carbocycles. The molecule has 146 valence electrons. The van der Waals surface area contributed by atoms with Crippen LogP contribution >= 0.6 is 0 Å². The summed E-state index contributed by atoms with van der Waals surface area (Å²) in [4.78, 5) is 37.6. The number of methoxy groups -OCH3 is 1. The summed E-state index contributed by atoms with van der Waals surface area (Å²) < 4.78 is 4.93. The Labute approximate surface area is 165 Å². The molecule has 0 unspecified atom stereocenters. The van der Waals surface area contributed by atoms with Crippen LogP contribution in [0.2, 0.25) is 0 Å². The Morgan fingerprint density at radius 2 is 1.57 bits per heavy atom. The predicted molar refractivity (Wildman–Crippen MR) is 106 cm³/mol. The van der Waals surface area contributed by atoms with E-state index in [0.717, 1.165) is 17.5 Å². The van der Waals surface area contributed by atoms with Crippen molar-refractivity contribution in [3.05, 3.63) is 71.8 Å². The monoisotopic (exact) mass is 379 g/mol. The standard InChI is InChI=1S/C23H25NO4/c1-28-23(27)21(18-13-8-14-19(25)15-18)24-22(26)20(16-9-4-2-5-10-16)17-11-6-3-7-12-17/h2-7,9-12,18,20-21H,8,13-15H2,1H3,(H,24,26)/t18-,21+/m1/s1. The van der Waals surface area contributed by atoms with Crippen molar-refractivity contribution < 1.29 is 19.1 Å². The molecule has 1 amide bonds. The lowest BCUT2D eigenvalue weighted by molar-refractivity contribution is -0.147. The van der Waals surface area contributed by atoms with Gasteiger partial charge in [0.2, 0.25) is 5.91 Å². The maximum Gasteiger partial charge on any atom is 0.328 e. The van der Waals surface area contributed by atoms with E-state index in [9.17, 15) is 14.4 Å².